The highest BCUT2D eigenvalue weighted by Gasteiger charge is 2.20. The van der Waals surface area contributed by atoms with Gasteiger partial charge in [0.05, 0.1) is 16.6 Å². The topological polar surface area (TPSA) is 120 Å². The molecule has 0 fully saturated rings. The van der Waals surface area contributed by atoms with Crippen LogP contribution in [0, 0.1) is 5.82 Å². The molecule has 11 heteroatoms. The lowest BCUT2D eigenvalue weighted by Crippen LogP contribution is -2.32. The Morgan fingerprint density at radius 1 is 1.19 bits per heavy atom. The van der Waals surface area contributed by atoms with Gasteiger partial charge in [-0.25, -0.2) is 18.3 Å². The van der Waals surface area contributed by atoms with Gasteiger partial charge in [-0.3, -0.25) is 19.0 Å². The third-order valence-corrected chi connectivity index (χ3v) is 5.78. The van der Waals surface area contributed by atoms with E-state index in [-0.39, 0.29) is 46.4 Å². The summed E-state index contributed by atoms with van der Waals surface area (Å²) >= 11 is 0. The fourth-order valence-electron chi connectivity index (χ4n) is 3.75. The molecule has 1 atom stereocenters. The summed E-state index contributed by atoms with van der Waals surface area (Å²) in [6, 6.07) is 10.0. The third kappa shape index (κ3) is 4.54. The summed E-state index contributed by atoms with van der Waals surface area (Å²) in [5.74, 6) is -1.67. The van der Waals surface area contributed by atoms with Gasteiger partial charge in [-0.05, 0) is 43.7 Å². The van der Waals surface area contributed by atoms with Gasteiger partial charge in [-0.15, -0.1) is 11.7 Å². The summed E-state index contributed by atoms with van der Waals surface area (Å²) in [6.45, 7) is 7.00. The first-order valence-corrected chi connectivity index (χ1v) is 11.4. The van der Waals surface area contributed by atoms with E-state index in [9.17, 15) is 23.6 Å². The van der Waals surface area contributed by atoms with Crippen LogP contribution in [0.4, 0.5) is 10.1 Å². The Morgan fingerprint density at radius 3 is 2.64 bits per heavy atom. The van der Waals surface area contributed by atoms with Gasteiger partial charge in [-0.1, -0.05) is 25.1 Å². The molecule has 186 valence electrons. The minimum absolute atomic E-state index is 0.0180. The standard InChI is InChI=1S/C25H25FN6O4/c1-4-12-30-23(35)17-11-10-16(22(34)27-15(3)5-2)13-20(17)32-24(30)29-31(25(32)36)14-21(33)28-19-9-7-6-8-18(19)26/h4,6-11,13,15H,1,5,12,14H2,2-3H3,(H,27,34)(H,28,33). The molecule has 0 bridgehead atoms. The Morgan fingerprint density at radius 2 is 1.94 bits per heavy atom. The molecule has 2 aromatic heterocycles. The molecule has 4 aromatic rings. The van der Waals surface area contributed by atoms with Crippen molar-refractivity contribution in [3.8, 4) is 0 Å². The average molecular weight is 493 g/mol. The van der Waals surface area contributed by atoms with Crippen LogP contribution < -0.4 is 21.9 Å². The van der Waals surface area contributed by atoms with E-state index in [1.54, 1.807) is 6.07 Å². The van der Waals surface area contributed by atoms with Crippen LogP contribution in [0.1, 0.15) is 30.6 Å². The number of amides is 2. The SMILES string of the molecule is C=CCn1c(=O)c2ccc(C(=O)NC(C)CC)cc2n2c(=O)n(CC(=O)Nc3ccccc3F)nc12. The number of benzene rings is 2. The molecule has 1 unspecified atom stereocenters. The molecule has 0 spiro atoms. The molecular weight excluding hydrogens is 467 g/mol. The van der Waals surface area contributed by atoms with E-state index in [1.807, 2.05) is 13.8 Å². The predicted octanol–water partition coefficient (Wildman–Crippen LogP) is 2.30. The van der Waals surface area contributed by atoms with Crippen LogP contribution in [0.3, 0.4) is 0 Å². The smallest absolute Gasteiger partial charge is 0.350 e. The van der Waals surface area contributed by atoms with Crippen LogP contribution >= 0.6 is 0 Å². The summed E-state index contributed by atoms with van der Waals surface area (Å²) in [5, 5.41) is 9.66. The number of halogens is 1. The van der Waals surface area contributed by atoms with Gasteiger partial charge >= 0.3 is 5.69 Å². The number of anilines is 1. The van der Waals surface area contributed by atoms with E-state index in [1.165, 1.54) is 51.4 Å². The van der Waals surface area contributed by atoms with E-state index in [0.29, 0.717) is 0 Å². The summed E-state index contributed by atoms with van der Waals surface area (Å²) in [5.41, 5.74) is -0.722. The van der Waals surface area contributed by atoms with Crippen LogP contribution in [0.5, 0.6) is 0 Å². The van der Waals surface area contributed by atoms with Crippen LogP contribution in [0.2, 0.25) is 0 Å². The summed E-state index contributed by atoms with van der Waals surface area (Å²) in [6.07, 6.45) is 2.21. The minimum atomic E-state index is -0.698. The van der Waals surface area contributed by atoms with Crippen molar-refractivity contribution in [3.63, 3.8) is 0 Å². The highest BCUT2D eigenvalue weighted by molar-refractivity contribution is 5.98. The van der Waals surface area contributed by atoms with Crippen molar-refractivity contribution in [2.45, 2.75) is 39.4 Å². The highest BCUT2D eigenvalue weighted by Crippen LogP contribution is 2.15. The number of hydrogen-bond acceptors (Lipinski definition) is 5. The first-order chi connectivity index (χ1) is 17.2. The highest BCUT2D eigenvalue weighted by atomic mass is 19.1. The number of para-hydroxylation sites is 1. The number of nitrogens with one attached hydrogen (secondary N) is 2. The second-order valence-electron chi connectivity index (χ2n) is 8.32. The number of fused-ring (bicyclic) bond motifs is 3. The Hall–Kier alpha value is -4.54. The molecule has 2 heterocycles. The van der Waals surface area contributed by atoms with E-state index in [0.717, 1.165) is 11.1 Å². The van der Waals surface area contributed by atoms with Crippen molar-refractivity contribution in [3.05, 3.63) is 87.3 Å². The molecule has 10 nitrogen and oxygen atoms in total. The maximum Gasteiger partial charge on any atom is 0.352 e. The molecule has 36 heavy (non-hydrogen) atoms. The maximum atomic E-state index is 13.9. The van der Waals surface area contributed by atoms with E-state index < -0.39 is 29.5 Å². The van der Waals surface area contributed by atoms with Crippen molar-refractivity contribution < 1.29 is 14.0 Å². The normalized spacial score (nSPS) is 12.0. The summed E-state index contributed by atoms with van der Waals surface area (Å²) in [7, 11) is 0. The number of allylic oxidation sites excluding steroid dienone is 1. The maximum absolute atomic E-state index is 13.9. The quantitative estimate of drug-likeness (QED) is 0.366. The fourth-order valence-corrected chi connectivity index (χ4v) is 3.75. The molecule has 0 saturated heterocycles. The van der Waals surface area contributed by atoms with E-state index in [2.05, 4.69) is 22.3 Å². The second-order valence-corrected chi connectivity index (χ2v) is 8.32. The Labute approximate surface area is 204 Å². The molecule has 2 N–H and O–H groups in total. The lowest BCUT2D eigenvalue weighted by molar-refractivity contribution is -0.117. The van der Waals surface area contributed by atoms with Gasteiger partial charge in [0.25, 0.3) is 11.5 Å². The van der Waals surface area contributed by atoms with Crippen molar-refractivity contribution in [2.75, 3.05) is 5.32 Å². The number of carbonyl (C=O) groups is 2. The van der Waals surface area contributed by atoms with Crippen molar-refractivity contribution >= 4 is 34.2 Å². The zero-order chi connectivity index (χ0) is 26.0. The molecule has 0 aliphatic heterocycles. The lowest BCUT2D eigenvalue weighted by atomic mass is 10.1. The summed E-state index contributed by atoms with van der Waals surface area (Å²) in [4.78, 5) is 51.8. The largest absolute Gasteiger partial charge is 0.352 e. The predicted molar refractivity (Wildman–Crippen MR) is 134 cm³/mol. The minimum Gasteiger partial charge on any atom is -0.350 e. The molecule has 4 rings (SSSR count). The first-order valence-electron chi connectivity index (χ1n) is 11.4. The van der Waals surface area contributed by atoms with E-state index in [4.69, 9.17) is 0 Å². The summed E-state index contributed by atoms with van der Waals surface area (Å²) < 4.78 is 17.2. The average Bonchev–Trinajstić information content (AvgIpc) is 3.18. The number of rotatable bonds is 8. The Bertz CT molecular complexity index is 1620. The van der Waals surface area contributed by atoms with Gasteiger partial charge in [0.15, 0.2) is 0 Å². The molecule has 0 radical (unpaired) electrons. The molecule has 0 aliphatic rings. The molecule has 2 amide bonds. The third-order valence-electron chi connectivity index (χ3n) is 5.78. The van der Waals surface area contributed by atoms with Crippen molar-refractivity contribution in [1.82, 2.24) is 24.1 Å². The van der Waals surface area contributed by atoms with Crippen molar-refractivity contribution in [1.29, 1.82) is 0 Å². The molecular formula is C25H25FN6O4. The zero-order valence-corrected chi connectivity index (χ0v) is 19.8. The van der Waals surface area contributed by atoms with Gasteiger partial charge < -0.3 is 10.6 Å². The number of aromatic nitrogens is 4. The molecule has 2 aromatic carbocycles. The van der Waals surface area contributed by atoms with Crippen LogP contribution in [0.15, 0.2) is 64.7 Å². The van der Waals surface area contributed by atoms with Crippen molar-refractivity contribution in [2.24, 2.45) is 0 Å². The number of carbonyl (C=O) groups excluding carboxylic acids is 2. The Balaban J connectivity index is 1.83. The second kappa shape index (κ2) is 9.98. The van der Waals surface area contributed by atoms with Crippen LogP contribution in [-0.4, -0.2) is 36.6 Å². The number of hydrogen-bond donors (Lipinski definition) is 2. The molecule has 0 aliphatic carbocycles. The van der Waals surface area contributed by atoms with Gasteiger partial charge in [0, 0.05) is 18.2 Å². The fraction of sp³-hybridized carbons (Fsp3) is 0.240. The zero-order valence-electron chi connectivity index (χ0n) is 19.8. The number of nitrogens with zero attached hydrogens (tertiary/aromatic N) is 4. The molecule has 0 saturated carbocycles. The lowest BCUT2D eigenvalue weighted by Gasteiger charge is -2.12. The van der Waals surface area contributed by atoms with E-state index >= 15 is 0 Å². The van der Waals surface area contributed by atoms with Gasteiger partial charge in [-0.2, -0.15) is 0 Å². The first kappa shape index (κ1) is 24.6. The van der Waals surface area contributed by atoms with Gasteiger partial charge in [0.1, 0.15) is 12.4 Å². The van der Waals surface area contributed by atoms with Crippen LogP contribution in [-0.2, 0) is 17.9 Å². The van der Waals surface area contributed by atoms with Crippen LogP contribution in [0.25, 0.3) is 16.7 Å². The van der Waals surface area contributed by atoms with Gasteiger partial charge in [0.2, 0.25) is 11.7 Å². The monoisotopic (exact) mass is 492 g/mol. The Kier molecular flexibility index (Phi) is 6.82.